The van der Waals surface area contributed by atoms with Crippen molar-refractivity contribution < 1.29 is 8.42 Å². The Morgan fingerprint density at radius 2 is 2.05 bits per heavy atom. The molecule has 2 aromatic heterocycles. The molecule has 0 fully saturated rings. The zero-order valence-corrected chi connectivity index (χ0v) is 13.5. The standard InChI is InChI=1S/C10H13BrN6O2S/c1-16(2)8-5-4-7(6-12-8)14-20(18,19)10-9(11)13-15-17(10)3/h4-6,14H,1-3H3. The Bertz CT molecular complexity index is 690. The van der Waals surface area contributed by atoms with Crippen molar-refractivity contribution in [1.82, 2.24) is 20.0 Å². The SMILES string of the molecule is CN(C)c1ccc(NS(=O)(=O)c2c(Br)nnn2C)cn1. The lowest BCUT2D eigenvalue weighted by atomic mass is 10.4. The number of nitrogens with zero attached hydrogens (tertiary/aromatic N) is 5. The van der Waals surface area contributed by atoms with Gasteiger partial charge in [0.15, 0.2) is 4.60 Å². The number of halogens is 1. The first kappa shape index (κ1) is 14.7. The highest BCUT2D eigenvalue weighted by Gasteiger charge is 2.24. The van der Waals surface area contributed by atoms with Crippen molar-refractivity contribution in [1.29, 1.82) is 0 Å². The van der Waals surface area contributed by atoms with Crippen molar-refractivity contribution in [2.75, 3.05) is 23.7 Å². The smallest absolute Gasteiger partial charge is 0.281 e. The molecule has 20 heavy (non-hydrogen) atoms. The Balaban J connectivity index is 2.29. The Morgan fingerprint density at radius 1 is 1.35 bits per heavy atom. The Hall–Kier alpha value is -1.68. The second-order valence-corrected chi connectivity index (χ2v) is 6.56. The van der Waals surface area contributed by atoms with Crippen molar-refractivity contribution in [3.63, 3.8) is 0 Å². The third-order valence-corrected chi connectivity index (χ3v) is 4.72. The predicted octanol–water partition coefficient (Wildman–Crippen LogP) is 0.839. The van der Waals surface area contributed by atoms with Crippen LogP contribution in [-0.2, 0) is 17.1 Å². The van der Waals surface area contributed by atoms with Crippen LogP contribution in [0.4, 0.5) is 11.5 Å². The molecule has 0 aromatic carbocycles. The van der Waals surface area contributed by atoms with E-state index in [1.54, 1.807) is 12.1 Å². The molecule has 2 rings (SSSR count). The zero-order valence-electron chi connectivity index (χ0n) is 11.1. The van der Waals surface area contributed by atoms with E-state index >= 15 is 0 Å². The molecule has 0 saturated heterocycles. The third-order valence-electron chi connectivity index (χ3n) is 2.45. The molecule has 0 aliphatic carbocycles. The number of rotatable bonds is 4. The van der Waals surface area contributed by atoms with Gasteiger partial charge in [-0.3, -0.25) is 4.72 Å². The van der Waals surface area contributed by atoms with Crippen molar-refractivity contribution in [3.8, 4) is 0 Å². The number of pyridine rings is 1. The lowest BCUT2D eigenvalue weighted by Crippen LogP contribution is -2.17. The summed E-state index contributed by atoms with van der Waals surface area (Å²) in [6, 6.07) is 3.35. The fourth-order valence-electron chi connectivity index (χ4n) is 1.52. The summed E-state index contributed by atoms with van der Waals surface area (Å²) in [5.41, 5.74) is 0.365. The van der Waals surface area contributed by atoms with Gasteiger partial charge in [0.2, 0.25) is 5.03 Å². The summed E-state index contributed by atoms with van der Waals surface area (Å²) in [7, 11) is 1.43. The van der Waals surface area contributed by atoms with Crippen LogP contribution in [0.3, 0.4) is 0 Å². The van der Waals surface area contributed by atoms with E-state index in [4.69, 9.17) is 0 Å². The highest BCUT2D eigenvalue weighted by Crippen LogP contribution is 2.21. The molecule has 0 bridgehead atoms. The van der Waals surface area contributed by atoms with Crippen LogP contribution in [0.1, 0.15) is 0 Å². The topological polar surface area (TPSA) is 93.0 Å². The van der Waals surface area contributed by atoms with Gasteiger partial charge in [0.05, 0.1) is 11.9 Å². The van der Waals surface area contributed by atoms with Crippen LogP contribution in [0.5, 0.6) is 0 Å². The van der Waals surface area contributed by atoms with Gasteiger partial charge in [-0.1, -0.05) is 5.21 Å². The maximum atomic E-state index is 12.2. The van der Waals surface area contributed by atoms with Crippen LogP contribution < -0.4 is 9.62 Å². The largest absolute Gasteiger partial charge is 0.363 e. The number of sulfonamides is 1. The Morgan fingerprint density at radius 3 is 2.50 bits per heavy atom. The molecule has 2 heterocycles. The van der Waals surface area contributed by atoms with E-state index in [2.05, 4.69) is 35.9 Å². The fourth-order valence-corrected chi connectivity index (χ4v) is 3.66. The van der Waals surface area contributed by atoms with Crippen molar-refractivity contribution in [2.45, 2.75) is 5.03 Å². The van der Waals surface area contributed by atoms with E-state index < -0.39 is 10.0 Å². The maximum Gasteiger partial charge on any atom is 0.281 e. The second kappa shape index (κ2) is 5.37. The molecule has 8 nitrogen and oxygen atoms in total. The van der Waals surface area contributed by atoms with E-state index in [0.717, 1.165) is 5.82 Å². The number of aromatic nitrogens is 4. The fraction of sp³-hybridized carbons (Fsp3) is 0.300. The Kier molecular flexibility index (Phi) is 3.95. The van der Waals surface area contributed by atoms with Crippen LogP contribution in [-0.4, -0.2) is 42.5 Å². The molecule has 1 N–H and O–H groups in total. The Labute approximate surface area is 125 Å². The molecule has 0 saturated carbocycles. The number of hydrogen-bond donors (Lipinski definition) is 1. The van der Waals surface area contributed by atoms with Gasteiger partial charge in [0.25, 0.3) is 10.0 Å². The van der Waals surface area contributed by atoms with Crippen LogP contribution in [0, 0.1) is 0 Å². The molecular weight excluding hydrogens is 348 g/mol. The predicted molar refractivity (Wildman–Crippen MR) is 78.1 cm³/mol. The van der Waals surface area contributed by atoms with Gasteiger partial charge < -0.3 is 4.90 Å². The van der Waals surface area contributed by atoms with Gasteiger partial charge in [-0.25, -0.2) is 9.67 Å². The summed E-state index contributed by atoms with van der Waals surface area (Å²) in [5.74, 6) is 0.733. The lowest BCUT2D eigenvalue weighted by Gasteiger charge is -2.12. The summed E-state index contributed by atoms with van der Waals surface area (Å²) < 4.78 is 28.2. The third kappa shape index (κ3) is 2.90. The summed E-state index contributed by atoms with van der Waals surface area (Å²) in [4.78, 5) is 5.96. The minimum Gasteiger partial charge on any atom is -0.363 e. The number of anilines is 2. The van der Waals surface area contributed by atoms with Crippen molar-refractivity contribution in [2.24, 2.45) is 7.05 Å². The molecule has 0 spiro atoms. The molecule has 2 aromatic rings. The van der Waals surface area contributed by atoms with Crippen molar-refractivity contribution in [3.05, 3.63) is 22.9 Å². The number of aryl methyl sites for hydroxylation is 1. The quantitative estimate of drug-likeness (QED) is 0.868. The molecule has 10 heteroatoms. The molecule has 0 aliphatic heterocycles. The average molecular weight is 361 g/mol. The van der Waals surface area contributed by atoms with Crippen LogP contribution >= 0.6 is 15.9 Å². The van der Waals surface area contributed by atoms with Gasteiger partial charge in [0, 0.05) is 21.1 Å². The summed E-state index contributed by atoms with van der Waals surface area (Å²) in [6.45, 7) is 0. The van der Waals surface area contributed by atoms with E-state index in [0.29, 0.717) is 5.69 Å². The summed E-state index contributed by atoms with van der Waals surface area (Å²) in [6.07, 6.45) is 1.45. The zero-order chi connectivity index (χ0) is 14.9. The first-order valence-corrected chi connectivity index (χ1v) is 7.80. The van der Waals surface area contributed by atoms with Crippen LogP contribution in [0.2, 0.25) is 0 Å². The molecule has 0 radical (unpaired) electrons. The second-order valence-electron chi connectivity index (χ2n) is 4.21. The molecular formula is C10H13BrN6O2S. The van der Waals surface area contributed by atoms with Gasteiger partial charge in [0.1, 0.15) is 5.82 Å². The minimum absolute atomic E-state index is 0.0470. The van der Waals surface area contributed by atoms with E-state index in [1.165, 1.54) is 17.9 Å². The van der Waals surface area contributed by atoms with Crippen molar-refractivity contribution >= 4 is 37.5 Å². The molecule has 0 atom stereocenters. The van der Waals surface area contributed by atoms with Crippen LogP contribution in [0.25, 0.3) is 0 Å². The maximum absolute atomic E-state index is 12.2. The molecule has 108 valence electrons. The highest BCUT2D eigenvalue weighted by atomic mass is 79.9. The monoisotopic (exact) mass is 360 g/mol. The van der Waals surface area contributed by atoms with E-state index in [1.807, 2.05) is 19.0 Å². The molecule has 0 amide bonds. The summed E-state index contributed by atoms with van der Waals surface area (Å²) in [5, 5.41) is 7.24. The highest BCUT2D eigenvalue weighted by molar-refractivity contribution is 9.10. The van der Waals surface area contributed by atoms with Gasteiger partial charge >= 0.3 is 0 Å². The van der Waals surface area contributed by atoms with Gasteiger partial charge in [-0.05, 0) is 28.1 Å². The summed E-state index contributed by atoms with van der Waals surface area (Å²) >= 11 is 3.06. The number of hydrogen-bond acceptors (Lipinski definition) is 6. The molecule has 0 aliphatic rings. The minimum atomic E-state index is -3.78. The first-order chi connectivity index (χ1) is 9.31. The number of nitrogens with one attached hydrogen (secondary N) is 1. The molecule has 0 unspecified atom stereocenters. The first-order valence-electron chi connectivity index (χ1n) is 5.52. The van der Waals surface area contributed by atoms with Crippen LogP contribution in [0.15, 0.2) is 28.0 Å². The van der Waals surface area contributed by atoms with E-state index in [9.17, 15) is 8.42 Å². The normalized spacial score (nSPS) is 11.4. The van der Waals surface area contributed by atoms with Gasteiger partial charge in [-0.2, -0.15) is 8.42 Å². The van der Waals surface area contributed by atoms with E-state index in [-0.39, 0.29) is 9.63 Å². The average Bonchev–Trinajstić information content (AvgIpc) is 2.69. The van der Waals surface area contributed by atoms with Gasteiger partial charge in [-0.15, -0.1) is 5.10 Å². The lowest BCUT2D eigenvalue weighted by molar-refractivity contribution is 0.578.